The molecule has 1 aliphatic carbocycles. The molecule has 1 spiro atoms. The fourth-order valence-electron chi connectivity index (χ4n) is 5.13. The second-order valence-corrected chi connectivity index (χ2v) is 8.75. The number of nitrogens with two attached hydrogens (primary N) is 1. The van der Waals surface area contributed by atoms with Gasteiger partial charge in [0.1, 0.15) is 29.2 Å². The molecule has 0 radical (unpaired) electrons. The summed E-state index contributed by atoms with van der Waals surface area (Å²) in [5, 5.41) is 0.505. The van der Waals surface area contributed by atoms with Crippen molar-refractivity contribution < 1.29 is 14.3 Å². The van der Waals surface area contributed by atoms with Crippen LogP contribution in [0.5, 0.6) is 5.75 Å². The molecule has 5 rings (SSSR count). The first-order valence-corrected chi connectivity index (χ1v) is 10.2. The van der Waals surface area contributed by atoms with E-state index in [1.54, 1.807) is 12.1 Å². The number of ether oxygens (including phenoxy) is 2. The SMILES string of the molecule is C[C@]12CCC[C@H]1[C@@]1(COC(N)=N1)c1cc(CC(=O)c3ccc(Cl)cn3)ccc1O2. The zero-order valence-electron chi connectivity index (χ0n) is 16.2. The molecule has 2 aromatic rings. The summed E-state index contributed by atoms with van der Waals surface area (Å²) in [6.45, 7) is 2.56. The minimum Gasteiger partial charge on any atom is -0.487 e. The van der Waals surface area contributed by atoms with Crippen LogP contribution < -0.4 is 10.5 Å². The van der Waals surface area contributed by atoms with Gasteiger partial charge in [0, 0.05) is 24.1 Å². The molecule has 0 unspecified atom stereocenters. The lowest BCUT2D eigenvalue weighted by atomic mass is 9.69. The van der Waals surface area contributed by atoms with E-state index >= 15 is 0 Å². The molecule has 0 amide bonds. The summed E-state index contributed by atoms with van der Waals surface area (Å²) < 4.78 is 12.1. The Morgan fingerprint density at radius 1 is 1.34 bits per heavy atom. The number of rotatable bonds is 3. The van der Waals surface area contributed by atoms with Crippen LogP contribution >= 0.6 is 11.6 Å². The van der Waals surface area contributed by atoms with Gasteiger partial charge in [0.15, 0.2) is 5.78 Å². The fraction of sp³-hybridized carbons (Fsp3) is 0.409. The van der Waals surface area contributed by atoms with Crippen LogP contribution in [0.3, 0.4) is 0 Å². The Hall–Kier alpha value is -2.60. The van der Waals surface area contributed by atoms with E-state index in [1.807, 2.05) is 18.2 Å². The zero-order chi connectivity index (χ0) is 20.2. The Morgan fingerprint density at radius 3 is 2.93 bits per heavy atom. The molecule has 7 heteroatoms. The molecule has 1 fully saturated rings. The van der Waals surface area contributed by atoms with Gasteiger partial charge in [-0.1, -0.05) is 17.7 Å². The Morgan fingerprint density at radius 2 is 2.21 bits per heavy atom. The number of nitrogens with zero attached hydrogens (tertiary/aromatic N) is 2. The largest absolute Gasteiger partial charge is 0.487 e. The molecule has 2 N–H and O–H groups in total. The first-order chi connectivity index (χ1) is 13.9. The number of hydrogen-bond acceptors (Lipinski definition) is 6. The van der Waals surface area contributed by atoms with Gasteiger partial charge in [-0.25, -0.2) is 4.99 Å². The number of benzene rings is 1. The van der Waals surface area contributed by atoms with E-state index in [4.69, 9.17) is 31.8 Å². The van der Waals surface area contributed by atoms with Gasteiger partial charge in [0.2, 0.25) is 0 Å². The van der Waals surface area contributed by atoms with Crippen LogP contribution in [0.4, 0.5) is 0 Å². The third-order valence-electron chi connectivity index (χ3n) is 6.46. The molecule has 29 heavy (non-hydrogen) atoms. The van der Waals surface area contributed by atoms with Crippen LogP contribution in [0, 0.1) is 5.92 Å². The Kier molecular flexibility index (Phi) is 4.10. The molecular weight excluding hydrogens is 390 g/mol. The maximum Gasteiger partial charge on any atom is 0.283 e. The number of fused-ring (bicyclic) bond motifs is 4. The highest BCUT2D eigenvalue weighted by Gasteiger charge is 2.60. The van der Waals surface area contributed by atoms with Crippen molar-refractivity contribution >= 4 is 23.4 Å². The summed E-state index contributed by atoms with van der Waals surface area (Å²) in [5.74, 6) is 0.921. The lowest BCUT2D eigenvalue weighted by Crippen LogP contribution is -2.52. The Bertz CT molecular complexity index is 1020. The first kappa shape index (κ1) is 18.4. The van der Waals surface area contributed by atoms with Crippen molar-refractivity contribution in [2.75, 3.05) is 6.61 Å². The fourth-order valence-corrected chi connectivity index (χ4v) is 5.25. The summed E-state index contributed by atoms with van der Waals surface area (Å²) in [7, 11) is 0. The highest BCUT2D eigenvalue weighted by molar-refractivity contribution is 6.30. The number of aromatic nitrogens is 1. The molecule has 150 valence electrons. The predicted molar refractivity (Wildman–Crippen MR) is 109 cm³/mol. The number of ketones is 1. The van der Waals surface area contributed by atoms with Gasteiger partial charge in [0.25, 0.3) is 6.02 Å². The molecule has 2 aliphatic heterocycles. The number of carbonyl (C=O) groups is 1. The molecule has 3 heterocycles. The minimum atomic E-state index is -0.555. The maximum atomic E-state index is 12.7. The smallest absolute Gasteiger partial charge is 0.283 e. The van der Waals surface area contributed by atoms with E-state index in [2.05, 4.69) is 11.9 Å². The van der Waals surface area contributed by atoms with E-state index < -0.39 is 5.54 Å². The topological polar surface area (TPSA) is 86.8 Å². The third-order valence-corrected chi connectivity index (χ3v) is 6.68. The Labute approximate surface area is 174 Å². The molecule has 0 saturated heterocycles. The molecular formula is C22H22ClN3O3. The number of carbonyl (C=O) groups excluding carboxylic acids is 1. The van der Waals surface area contributed by atoms with Gasteiger partial charge in [-0.05, 0) is 56.0 Å². The molecule has 3 aliphatic rings. The zero-order valence-corrected chi connectivity index (χ0v) is 16.9. The summed E-state index contributed by atoms with van der Waals surface area (Å²) in [4.78, 5) is 21.6. The highest BCUT2D eigenvalue weighted by Crippen LogP contribution is 2.57. The van der Waals surface area contributed by atoms with Crippen molar-refractivity contribution in [2.45, 2.75) is 43.7 Å². The second-order valence-electron chi connectivity index (χ2n) is 8.31. The van der Waals surface area contributed by atoms with Crippen LogP contribution in [0.25, 0.3) is 0 Å². The number of pyridine rings is 1. The van der Waals surface area contributed by atoms with Crippen molar-refractivity contribution in [3.05, 3.63) is 58.4 Å². The molecule has 3 atom stereocenters. The summed E-state index contributed by atoms with van der Waals surface area (Å²) in [6, 6.07) is 9.44. The van der Waals surface area contributed by atoms with Gasteiger partial charge in [-0.15, -0.1) is 0 Å². The average molecular weight is 412 g/mol. The molecule has 0 bridgehead atoms. The van der Waals surface area contributed by atoms with Crippen molar-refractivity contribution in [3.63, 3.8) is 0 Å². The van der Waals surface area contributed by atoms with E-state index in [0.29, 0.717) is 17.3 Å². The standard InChI is InChI=1S/C22H22ClN3O3/c1-21-8-2-3-19(21)22(12-28-20(24)26-22)15-9-13(4-7-18(15)29-21)10-17(27)16-6-5-14(23)11-25-16/h4-7,9,11,19H,2-3,8,10,12H2,1H3,(H2,24,26)/t19-,21+,22-/m1/s1. The lowest BCUT2D eigenvalue weighted by Gasteiger charge is -2.47. The van der Waals surface area contributed by atoms with Crippen LogP contribution in [0.2, 0.25) is 5.02 Å². The second kappa shape index (κ2) is 6.46. The number of aliphatic imine (C=N–C) groups is 1. The highest BCUT2D eigenvalue weighted by atomic mass is 35.5. The molecule has 1 saturated carbocycles. The lowest BCUT2D eigenvalue weighted by molar-refractivity contribution is -0.0211. The molecule has 6 nitrogen and oxygen atoms in total. The van der Waals surface area contributed by atoms with Gasteiger partial charge in [-0.3, -0.25) is 9.78 Å². The van der Waals surface area contributed by atoms with E-state index in [0.717, 1.165) is 36.1 Å². The minimum absolute atomic E-state index is 0.0659. The normalized spacial score (nSPS) is 29.6. The average Bonchev–Trinajstić information content (AvgIpc) is 3.27. The summed E-state index contributed by atoms with van der Waals surface area (Å²) in [5.41, 5.74) is 7.34. The van der Waals surface area contributed by atoms with Crippen molar-refractivity contribution in [2.24, 2.45) is 16.6 Å². The van der Waals surface area contributed by atoms with Gasteiger partial charge in [-0.2, -0.15) is 0 Å². The van der Waals surface area contributed by atoms with Crippen LogP contribution in [0.1, 0.15) is 47.8 Å². The molecule has 1 aromatic carbocycles. The number of amidine groups is 1. The first-order valence-electron chi connectivity index (χ1n) is 9.85. The van der Waals surface area contributed by atoms with Crippen LogP contribution in [-0.4, -0.2) is 29.0 Å². The van der Waals surface area contributed by atoms with Crippen molar-refractivity contribution in [3.8, 4) is 5.75 Å². The van der Waals surface area contributed by atoms with Crippen LogP contribution in [-0.2, 0) is 16.7 Å². The van der Waals surface area contributed by atoms with E-state index in [1.165, 1.54) is 6.20 Å². The van der Waals surface area contributed by atoms with Crippen molar-refractivity contribution in [1.82, 2.24) is 4.98 Å². The third kappa shape index (κ3) is 2.89. The van der Waals surface area contributed by atoms with Gasteiger partial charge >= 0.3 is 0 Å². The Balaban J connectivity index is 1.53. The monoisotopic (exact) mass is 411 g/mol. The number of hydrogen-bond donors (Lipinski definition) is 1. The predicted octanol–water partition coefficient (Wildman–Crippen LogP) is 3.65. The van der Waals surface area contributed by atoms with Crippen LogP contribution in [0.15, 0.2) is 41.5 Å². The van der Waals surface area contributed by atoms with Gasteiger partial charge in [0.05, 0.1) is 5.02 Å². The van der Waals surface area contributed by atoms with Crippen molar-refractivity contribution in [1.29, 1.82) is 0 Å². The summed E-state index contributed by atoms with van der Waals surface area (Å²) in [6.07, 6.45) is 4.79. The van der Waals surface area contributed by atoms with E-state index in [9.17, 15) is 4.79 Å². The molecule has 1 aromatic heterocycles. The quantitative estimate of drug-likeness (QED) is 0.779. The number of Topliss-reactive ketones (excluding diaryl/α,β-unsaturated/α-hetero) is 1. The summed E-state index contributed by atoms with van der Waals surface area (Å²) >= 11 is 5.87. The number of halogens is 1. The van der Waals surface area contributed by atoms with E-state index in [-0.39, 0.29) is 29.7 Å². The van der Waals surface area contributed by atoms with Gasteiger partial charge < -0.3 is 15.2 Å². The maximum absolute atomic E-state index is 12.7.